The third-order valence-corrected chi connectivity index (χ3v) is 3.65. The van der Waals surface area contributed by atoms with Gasteiger partial charge in [0.2, 0.25) is 0 Å². The average molecular weight is 279 g/mol. The summed E-state index contributed by atoms with van der Waals surface area (Å²) in [5.74, 6) is -1.08. The summed E-state index contributed by atoms with van der Waals surface area (Å²) in [5, 5.41) is 3.20. The van der Waals surface area contributed by atoms with E-state index in [0.29, 0.717) is 5.56 Å². The minimum Gasteiger partial charge on any atom is -0.378 e. The SMILES string of the molecule is CSc1ccc(NC(C)c2ccc(F)cc2F)cc1. The van der Waals surface area contributed by atoms with Crippen LogP contribution in [0.4, 0.5) is 14.5 Å². The van der Waals surface area contributed by atoms with E-state index in [2.05, 4.69) is 5.32 Å². The number of hydrogen-bond donors (Lipinski definition) is 1. The van der Waals surface area contributed by atoms with Crippen molar-refractivity contribution in [2.24, 2.45) is 0 Å². The van der Waals surface area contributed by atoms with Crippen LogP contribution in [0.1, 0.15) is 18.5 Å². The summed E-state index contributed by atoms with van der Waals surface area (Å²) >= 11 is 1.67. The summed E-state index contributed by atoms with van der Waals surface area (Å²) in [6.07, 6.45) is 2.01. The molecule has 0 aromatic heterocycles. The summed E-state index contributed by atoms with van der Waals surface area (Å²) in [6, 6.07) is 11.3. The first-order valence-corrected chi connectivity index (χ1v) is 7.18. The molecule has 1 atom stereocenters. The van der Waals surface area contributed by atoms with E-state index in [1.54, 1.807) is 11.8 Å². The molecule has 0 bridgehead atoms. The smallest absolute Gasteiger partial charge is 0.131 e. The maximum Gasteiger partial charge on any atom is 0.131 e. The van der Waals surface area contributed by atoms with Gasteiger partial charge in [0.1, 0.15) is 11.6 Å². The zero-order chi connectivity index (χ0) is 13.8. The zero-order valence-corrected chi connectivity index (χ0v) is 11.6. The minimum absolute atomic E-state index is 0.222. The highest BCUT2D eigenvalue weighted by atomic mass is 32.2. The number of nitrogens with one attached hydrogen (secondary N) is 1. The number of anilines is 1. The number of thioether (sulfide) groups is 1. The van der Waals surface area contributed by atoms with E-state index >= 15 is 0 Å². The molecule has 0 saturated heterocycles. The Morgan fingerprint density at radius 1 is 1.05 bits per heavy atom. The Bertz CT molecular complexity index is 555. The van der Waals surface area contributed by atoms with Crippen LogP contribution in [-0.4, -0.2) is 6.26 Å². The maximum atomic E-state index is 13.6. The molecule has 0 spiro atoms. The second-order valence-electron chi connectivity index (χ2n) is 4.26. The fourth-order valence-electron chi connectivity index (χ4n) is 1.87. The molecule has 2 aromatic rings. The number of benzene rings is 2. The molecule has 1 N–H and O–H groups in total. The molecule has 100 valence electrons. The van der Waals surface area contributed by atoms with Gasteiger partial charge in [0.25, 0.3) is 0 Å². The van der Waals surface area contributed by atoms with Crippen LogP contribution >= 0.6 is 11.8 Å². The van der Waals surface area contributed by atoms with Crippen LogP contribution < -0.4 is 5.32 Å². The van der Waals surface area contributed by atoms with Gasteiger partial charge in [-0.05, 0) is 43.5 Å². The predicted molar refractivity (Wildman–Crippen MR) is 76.6 cm³/mol. The standard InChI is InChI=1S/C15H15F2NS/c1-10(14-8-3-11(16)9-15(14)17)18-12-4-6-13(19-2)7-5-12/h3-10,18H,1-2H3. The average Bonchev–Trinajstić information content (AvgIpc) is 2.39. The van der Waals surface area contributed by atoms with Gasteiger partial charge in [-0.15, -0.1) is 11.8 Å². The number of rotatable bonds is 4. The molecule has 4 heteroatoms. The van der Waals surface area contributed by atoms with E-state index in [4.69, 9.17) is 0 Å². The van der Waals surface area contributed by atoms with Crippen molar-refractivity contribution >= 4 is 17.4 Å². The summed E-state index contributed by atoms with van der Waals surface area (Å²) in [6.45, 7) is 1.85. The normalized spacial score (nSPS) is 12.2. The van der Waals surface area contributed by atoms with E-state index in [1.165, 1.54) is 17.0 Å². The highest BCUT2D eigenvalue weighted by Gasteiger charge is 2.11. The fourth-order valence-corrected chi connectivity index (χ4v) is 2.28. The van der Waals surface area contributed by atoms with Crippen molar-refractivity contribution in [1.82, 2.24) is 0 Å². The van der Waals surface area contributed by atoms with E-state index < -0.39 is 11.6 Å². The van der Waals surface area contributed by atoms with Gasteiger partial charge in [0.05, 0.1) is 6.04 Å². The molecule has 1 unspecified atom stereocenters. The predicted octanol–water partition coefficient (Wildman–Crippen LogP) is 4.86. The van der Waals surface area contributed by atoms with Crippen molar-refractivity contribution in [1.29, 1.82) is 0 Å². The molecule has 0 saturated carbocycles. The monoisotopic (exact) mass is 279 g/mol. The largest absolute Gasteiger partial charge is 0.378 e. The molecule has 2 aromatic carbocycles. The van der Waals surface area contributed by atoms with Gasteiger partial charge < -0.3 is 5.32 Å². The third kappa shape index (κ3) is 3.47. The van der Waals surface area contributed by atoms with E-state index in [0.717, 1.165) is 11.8 Å². The van der Waals surface area contributed by atoms with Gasteiger partial charge in [0.15, 0.2) is 0 Å². The summed E-state index contributed by atoms with van der Waals surface area (Å²) in [4.78, 5) is 1.17. The van der Waals surface area contributed by atoms with E-state index in [1.807, 2.05) is 37.4 Å². The Labute approximate surface area is 116 Å². The summed E-state index contributed by atoms with van der Waals surface area (Å²) in [7, 11) is 0. The molecule has 0 aliphatic heterocycles. The zero-order valence-electron chi connectivity index (χ0n) is 10.8. The lowest BCUT2D eigenvalue weighted by Gasteiger charge is -2.16. The van der Waals surface area contributed by atoms with Gasteiger partial charge in [-0.1, -0.05) is 6.07 Å². The number of halogens is 2. The first-order valence-electron chi connectivity index (χ1n) is 5.95. The van der Waals surface area contributed by atoms with Crippen LogP contribution in [-0.2, 0) is 0 Å². The molecule has 0 aliphatic rings. The van der Waals surface area contributed by atoms with Crippen molar-refractivity contribution in [3.8, 4) is 0 Å². The maximum absolute atomic E-state index is 13.6. The van der Waals surface area contributed by atoms with Gasteiger partial charge in [-0.25, -0.2) is 8.78 Å². The molecule has 0 radical (unpaired) electrons. The van der Waals surface area contributed by atoms with Gasteiger partial charge >= 0.3 is 0 Å². The van der Waals surface area contributed by atoms with E-state index in [-0.39, 0.29) is 6.04 Å². The van der Waals surface area contributed by atoms with Crippen LogP contribution in [0.2, 0.25) is 0 Å². The first-order chi connectivity index (χ1) is 9.10. The van der Waals surface area contributed by atoms with Crippen LogP contribution in [0.15, 0.2) is 47.4 Å². The first kappa shape index (κ1) is 13.9. The topological polar surface area (TPSA) is 12.0 Å². The molecule has 0 heterocycles. The minimum atomic E-state index is -0.558. The van der Waals surface area contributed by atoms with Gasteiger partial charge in [-0.3, -0.25) is 0 Å². The molecule has 0 amide bonds. The lowest BCUT2D eigenvalue weighted by Crippen LogP contribution is -2.08. The van der Waals surface area contributed by atoms with Crippen LogP contribution in [0.25, 0.3) is 0 Å². The summed E-state index contributed by atoms with van der Waals surface area (Å²) < 4.78 is 26.5. The molecule has 1 nitrogen and oxygen atoms in total. The van der Waals surface area contributed by atoms with Crippen molar-refractivity contribution in [3.05, 3.63) is 59.7 Å². The Hall–Kier alpha value is -1.55. The molecular formula is C15H15F2NS. The van der Waals surface area contributed by atoms with E-state index in [9.17, 15) is 8.78 Å². The van der Waals surface area contributed by atoms with Gasteiger partial charge in [0, 0.05) is 22.2 Å². The van der Waals surface area contributed by atoms with Gasteiger partial charge in [-0.2, -0.15) is 0 Å². The van der Waals surface area contributed by atoms with Crippen molar-refractivity contribution in [3.63, 3.8) is 0 Å². The Kier molecular flexibility index (Phi) is 4.43. The lowest BCUT2D eigenvalue weighted by atomic mass is 10.1. The number of hydrogen-bond acceptors (Lipinski definition) is 2. The lowest BCUT2D eigenvalue weighted by molar-refractivity contribution is 0.566. The van der Waals surface area contributed by atoms with Crippen molar-refractivity contribution in [2.75, 3.05) is 11.6 Å². The quantitative estimate of drug-likeness (QED) is 0.802. The molecular weight excluding hydrogens is 264 g/mol. The Morgan fingerprint density at radius 2 is 1.74 bits per heavy atom. The fraction of sp³-hybridized carbons (Fsp3) is 0.200. The third-order valence-electron chi connectivity index (χ3n) is 2.90. The van der Waals surface area contributed by atoms with Crippen LogP contribution in [0.3, 0.4) is 0 Å². The molecule has 19 heavy (non-hydrogen) atoms. The van der Waals surface area contributed by atoms with Crippen LogP contribution in [0, 0.1) is 11.6 Å². The Balaban J connectivity index is 2.13. The molecule has 2 rings (SSSR count). The van der Waals surface area contributed by atoms with Crippen molar-refractivity contribution < 1.29 is 8.78 Å². The summed E-state index contributed by atoms with van der Waals surface area (Å²) in [5.41, 5.74) is 1.37. The molecule has 0 aliphatic carbocycles. The second kappa shape index (κ2) is 6.06. The van der Waals surface area contributed by atoms with Crippen molar-refractivity contribution in [2.45, 2.75) is 17.9 Å². The second-order valence-corrected chi connectivity index (χ2v) is 5.14. The molecule has 0 fully saturated rings. The van der Waals surface area contributed by atoms with Crippen LogP contribution in [0.5, 0.6) is 0 Å². The highest BCUT2D eigenvalue weighted by molar-refractivity contribution is 7.98. The highest BCUT2D eigenvalue weighted by Crippen LogP contribution is 2.24. The Morgan fingerprint density at radius 3 is 2.32 bits per heavy atom.